The van der Waals surface area contributed by atoms with Crippen LogP contribution in [-0.4, -0.2) is 15.0 Å². The van der Waals surface area contributed by atoms with E-state index in [0.29, 0.717) is 39.7 Å². The van der Waals surface area contributed by atoms with Crippen LogP contribution in [0.4, 0.5) is 10.3 Å². The van der Waals surface area contributed by atoms with Gasteiger partial charge >= 0.3 is 0 Å². The molecular formula is C21H14ClFN4OS. The molecule has 8 heteroatoms. The first-order valence-electron chi connectivity index (χ1n) is 8.85. The lowest BCUT2D eigenvalue weighted by atomic mass is 9.94. The summed E-state index contributed by atoms with van der Waals surface area (Å²) in [6.45, 7) is 1.04. The maximum Gasteiger partial charge on any atom is 0.224 e. The van der Waals surface area contributed by atoms with Crippen LogP contribution in [0.5, 0.6) is 0 Å². The van der Waals surface area contributed by atoms with Crippen molar-refractivity contribution in [2.75, 3.05) is 5.73 Å². The van der Waals surface area contributed by atoms with E-state index in [4.69, 9.17) is 22.1 Å². The van der Waals surface area contributed by atoms with Gasteiger partial charge in [-0.1, -0.05) is 41.9 Å². The molecule has 1 aliphatic rings. The molecule has 0 unspecified atom stereocenters. The highest BCUT2D eigenvalue weighted by Gasteiger charge is 2.21. The molecule has 0 saturated heterocycles. The summed E-state index contributed by atoms with van der Waals surface area (Å²) < 4.78 is 19.7. The van der Waals surface area contributed by atoms with E-state index in [0.717, 1.165) is 33.7 Å². The van der Waals surface area contributed by atoms with E-state index in [2.05, 4.69) is 15.0 Å². The first-order valence-corrected chi connectivity index (χ1v) is 10.0. The molecule has 5 nitrogen and oxygen atoms in total. The van der Waals surface area contributed by atoms with Crippen molar-refractivity contribution in [1.82, 2.24) is 15.0 Å². The molecule has 5 rings (SSSR count). The zero-order valence-electron chi connectivity index (χ0n) is 15.0. The molecule has 2 heterocycles. The lowest BCUT2D eigenvalue weighted by Crippen LogP contribution is -2.06. The summed E-state index contributed by atoms with van der Waals surface area (Å²) in [6, 6.07) is 14.3. The zero-order chi connectivity index (χ0) is 20.0. The van der Waals surface area contributed by atoms with Crippen molar-refractivity contribution in [3.63, 3.8) is 0 Å². The van der Waals surface area contributed by atoms with Crippen molar-refractivity contribution in [3.8, 4) is 11.4 Å². The third-order valence-corrected chi connectivity index (χ3v) is 5.90. The Bertz CT molecular complexity index is 1270. The monoisotopic (exact) mass is 424 g/mol. The van der Waals surface area contributed by atoms with Crippen molar-refractivity contribution in [2.45, 2.75) is 23.3 Å². The molecule has 1 aliphatic heterocycles. The Hall–Kier alpha value is -2.74. The van der Waals surface area contributed by atoms with E-state index >= 15 is 0 Å². The van der Waals surface area contributed by atoms with Crippen LogP contribution in [0, 0.1) is 5.82 Å². The number of anilines is 1. The molecule has 0 radical (unpaired) electrons. The second kappa shape index (κ2) is 7.26. The first kappa shape index (κ1) is 18.3. The summed E-state index contributed by atoms with van der Waals surface area (Å²) in [5.74, 6) is 0.0582. The maximum absolute atomic E-state index is 14.0. The van der Waals surface area contributed by atoms with Gasteiger partial charge in [0, 0.05) is 5.56 Å². The Morgan fingerprint density at radius 2 is 1.83 bits per heavy atom. The van der Waals surface area contributed by atoms with Gasteiger partial charge in [0.15, 0.2) is 11.0 Å². The summed E-state index contributed by atoms with van der Waals surface area (Å²) in [5.41, 5.74) is 8.74. The number of nitrogen functional groups attached to an aromatic ring is 1. The van der Waals surface area contributed by atoms with E-state index in [1.165, 1.54) is 6.07 Å². The third kappa shape index (κ3) is 3.31. The van der Waals surface area contributed by atoms with E-state index in [-0.39, 0.29) is 11.8 Å². The number of nitrogens with zero attached hydrogens (tertiary/aromatic N) is 3. The van der Waals surface area contributed by atoms with Crippen molar-refractivity contribution >= 4 is 40.1 Å². The van der Waals surface area contributed by atoms with Crippen LogP contribution in [0.1, 0.15) is 11.1 Å². The topological polar surface area (TPSA) is 73.9 Å². The first-order chi connectivity index (χ1) is 14.1. The van der Waals surface area contributed by atoms with Crippen LogP contribution < -0.4 is 5.73 Å². The summed E-state index contributed by atoms with van der Waals surface area (Å²) in [7, 11) is 0. The molecule has 2 N–H and O–H groups in total. The second-order valence-corrected chi connectivity index (χ2v) is 7.97. The van der Waals surface area contributed by atoms with Crippen LogP contribution in [0.3, 0.4) is 0 Å². The third-order valence-electron chi connectivity index (χ3n) is 4.69. The maximum atomic E-state index is 14.0. The van der Waals surface area contributed by atoms with Crippen molar-refractivity contribution in [1.29, 1.82) is 0 Å². The van der Waals surface area contributed by atoms with Gasteiger partial charge in [0.25, 0.3) is 0 Å². The van der Waals surface area contributed by atoms with Gasteiger partial charge in [-0.2, -0.15) is 9.97 Å². The lowest BCUT2D eigenvalue weighted by Gasteiger charge is -2.20. The molecule has 29 heavy (non-hydrogen) atoms. The average Bonchev–Trinajstić information content (AvgIpc) is 2.70. The molecule has 0 saturated carbocycles. The Balaban J connectivity index is 1.68. The van der Waals surface area contributed by atoms with Crippen LogP contribution in [0.2, 0.25) is 5.02 Å². The van der Waals surface area contributed by atoms with Crippen molar-refractivity contribution in [2.24, 2.45) is 0 Å². The summed E-state index contributed by atoms with van der Waals surface area (Å²) in [4.78, 5) is 13.4. The number of benzene rings is 3. The minimum absolute atomic E-state index is 0.0497. The smallest absolute Gasteiger partial charge is 0.224 e. The quantitative estimate of drug-likeness (QED) is 0.484. The highest BCUT2D eigenvalue weighted by molar-refractivity contribution is 7.99. The normalized spacial score (nSPS) is 13.0. The average molecular weight is 425 g/mol. The van der Waals surface area contributed by atoms with Crippen molar-refractivity contribution in [3.05, 3.63) is 70.5 Å². The number of halogens is 2. The van der Waals surface area contributed by atoms with E-state index in [9.17, 15) is 4.39 Å². The van der Waals surface area contributed by atoms with Crippen LogP contribution >= 0.6 is 23.4 Å². The SMILES string of the molecule is Nc1nc(Sc2ccccc2F)nc(-c2c(Cl)cc3c4c(cccc24)COC3)n1. The van der Waals surface area contributed by atoms with Crippen molar-refractivity contribution < 1.29 is 9.13 Å². The molecule has 0 aliphatic carbocycles. The van der Waals surface area contributed by atoms with E-state index in [1.54, 1.807) is 18.2 Å². The van der Waals surface area contributed by atoms with Crippen LogP contribution in [0.15, 0.2) is 58.6 Å². The molecular weight excluding hydrogens is 411 g/mol. The van der Waals surface area contributed by atoms with Crippen LogP contribution in [-0.2, 0) is 18.0 Å². The van der Waals surface area contributed by atoms with E-state index < -0.39 is 0 Å². The van der Waals surface area contributed by atoms with Gasteiger partial charge in [-0.3, -0.25) is 0 Å². The van der Waals surface area contributed by atoms with E-state index in [1.807, 2.05) is 24.3 Å². The Labute approximate surface area is 175 Å². The predicted molar refractivity (Wildman–Crippen MR) is 111 cm³/mol. The van der Waals surface area contributed by atoms with Gasteiger partial charge in [-0.05, 0) is 51.9 Å². The van der Waals surface area contributed by atoms with Gasteiger partial charge in [-0.25, -0.2) is 9.37 Å². The molecule has 4 aromatic rings. The molecule has 0 bridgehead atoms. The van der Waals surface area contributed by atoms with Gasteiger partial charge < -0.3 is 10.5 Å². The summed E-state index contributed by atoms with van der Waals surface area (Å²) in [6.07, 6.45) is 0. The van der Waals surface area contributed by atoms with Gasteiger partial charge in [0.2, 0.25) is 5.95 Å². The van der Waals surface area contributed by atoms with Gasteiger partial charge in [0.05, 0.1) is 23.1 Å². The minimum Gasteiger partial charge on any atom is -0.372 e. The fourth-order valence-electron chi connectivity index (χ4n) is 3.50. The number of aromatic nitrogens is 3. The molecule has 0 amide bonds. The second-order valence-electron chi connectivity index (χ2n) is 6.56. The van der Waals surface area contributed by atoms with Crippen LogP contribution in [0.25, 0.3) is 22.2 Å². The number of rotatable bonds is 3. The highest BCUT2D eigenvalue weighted by Crippen LogP contribution is 2.40. The van der Waals surface area contributed by atoms with Gasteiger partial charge in [-0.15, -0.1) is 0 Å². The molecule has 0 spiro atoms. The molecule has 3 aromatic carbocycles. The fourth-order valence-corrected chi connectivity index (χ4v) is 4.60. The lowest BCUT2D eigenvalue weighted by molar-refractivity contribution is 0.103. The molecule has 144 valence electrons. The number of ether oxygens (including phenoxy) is 1. The highest BCUT2D eigenvalue weighted by atomic mass is 35.5. The standard InChI is InChI=1S/C21H14ClFN4OS/c22-14-8-12-10-28-9-11-4-3-5-13(17(11)12)18(14)19-25-20(24)27-21(26-19)29-16-7-2-1-6-15(16)23/h1-8H,9-10H2,(H2,24,25,26,27). The Morgan fingerprint density at radius 3 is 2.69 bits per heavy atom. The fraction of sp³-hybridized carbons (Fsp3) is 0.0952. The van der Waals surface area contributed by atoms with Gasteiger partial charge in [0.1, 0.15) is 5.82 Å². The molecule has 1 aromatic heterocycles. The predicted octanol–water partition coefficient (Wildman–Crippen LogP) is 5.25. The summed E-state index contributed by atoms with van der Waals surface area (Å²) in [5, 5.41) is 2.83. The summed E-state index contributed by atoms with van der Waals surface area (Å²) >= 11 is 7.71. The number of hydrogen-bond donors (Lipinski definition) is 1. The Morgan fingerprint density at radius 1 is 1.00 bits per heavy atom. The molecule has 0 fully saturated rings. The largest absolute Gasteiger partial charge is 0.372 e. The minimum atomic E-state index is -0.349. The molecule has 0 atom stereocenters. The number of hydrogen-bond acceptors (Lipinski definition) is 6. The Kier molecular flexibility index (Phi) is 4.58. The zero-order valence-corrected chi connectivity index (χ0v) is 16.6. The number of nitrogens with two attached hydrogens (primary N) is 1.